The van der Waals surface area contributed by atoms with Gasteiger partial charge in [-0.2, -0.15) is 0 Å². The van der Waals surface area contributed by atoms with Crippen LogP contribution in [0, 0.1) is 5.92 Å². The summed E-state index contributed by atoms with van der Waals surface area (Å²) in [6.07, 6.45) is 6.26. The highest BCUT2D eigenvalue weighted by Gasteiger charge is 2.16. The van der Waals surface area contributed by atoms with Crippen LogP contribution in [0.4, 0.5) is 0 Å². The van der Waals surface area contributed by atoms with Gasteiger partial charge in [-0.3, -0.25) is 0 Å². The Balaban J connectivity index is 1.49. The Morgan fingerprint density at radius 1 is 1.10 bits per heavy atom. The van der Waals surface area contributed by atoms with E-state index in [9.17, 15) is 5.11 Å². The molecule has 1 aromatic carbocycles. The average Bonchev–Trinajstić information content (AvgIpc) is 2.55. The number of fused-ring (bicyclic) bond motifs is 1. The Kier molecular flexibility index (Phi) is 4.99. The molecule has 0 aromatic heterocycles. The van der Waals surface area contributed by atoms with Crippen molar-refractivity contribution < 1.29 is 14.6 Å². The maximum Gasteiger partial charge on any atom is 0.161 e. The van der Waals surface area contributed by atoms with Gasteiger partial charge in [0.15, 0.2) is 11.5 Å². The minimum absolute atomic E-state index is 0.496. The SMILES string of the molecule is OC(CNCC1CCCCC1)c1ccc2c(c1)OCCO2. The molecule has 1 heterocycles. The van der Waals surface area contributed by atoms with E-state index in [4.69, 9.17) is 9.47 Å². The molecule has 4 nitrogen and oxygen atoms in total. The lowest BCUT2D eigenvalue weighted by Gasteiger charge is -2.23. The molecule has 0 bridgehead atoms. The van der Waals surface area contributed by atoms with Crippen LogP contribution in [0.25, 0.3) is 0 Å². The molecule has 0 radical (unpaired) electrons. The minimum Gasteiger partial charge on any atom is -0.486 e. The second-order valence-corrected chi connectivity index (χ2v) is 6.08. The smallest absolute Gasteiger partial charge is 0.161 e. The highest BCUT2D eigenvalue weighted by atomic mass is 16.6. The summed E-state index contributed by atoms with van der Waals surface area (Å²) in [5.41, 5.74) is 0.885. The maximum atomic E-state index is 10.3. The molecule has 3 rings (SSSR count). The van der Waals surface area contributed by atoms with Gasteiger partial charge in [0, 0.05) is 6.54 Å². The summed E-state index contributed by atoms with van der Waals surface area (Å²) < 4.78 is 11.1. The van der Waals surface area contributed by atoms with E-state index in [1.54, 1.807) is 0 Å². The molecular weight excluding hydrogens is 266 g/mol. The van der Waals surface area contributed by atoms with E-state index in [-0.39, 0.29) is 0 Å². The lowest BCUT2D eigenvalue weighted by atomic mass is 9.89. The van der Waals surface area contributed by atoms with Crippen LogP contribution in [0.2, 0.25) is 0 Å². The number of aliphatic hydroxyl groups is 1. The summed E-state index contributed by atoms with van der Waals surface area (Å²) in [7, 11) is 0. The predicted octanol–water partition coefficient (Wildman–Crippen LogP) is 2.66. The van der Waals surface area contributed by atoms with Crippen molar-refractivity contribution >= 4 is 0 Å². The maximum absolute atomic E-state index is 10.3. The first-order valence-electron chi connectivity index (χ1n) is 8.11. The molecule has 1 aliphatic carbocycles. The molecule has 0 saturated heterocycles. The normalized spacial score (nSPS) is 20.2. The standard InChI is InChI=1S/C17H25NO3/c19-15(12-18-11-13-4-2-1-3-5-13)14-6-7-16-17(10-14)21-9-8-20-16/h6-7,10,13,15,18-19H,1-5,8-9,11-12H2. The van der Waals surface area contributed by atoms with Crippen molar-refractivity contribution in [1.29, 1.82) is 0 Å². The first kappa shape index (κ1) is 14.7. The van der Waals surface area contributed by atoms with Gasteiger partial charge in [0.25, 0.3) is 0 Å². The van der Waals surface area contributed by atoms with Crippen molar-refractivity contribution in [2.24, 2.45) is 5.92 Å². The number of aliphatic hydroxyl groups excluding tert-OH is 1. The average molecular weight is 291 g/mol. The number of ether oxygens (including phenoxy) is 2. The summed E-state index contributed by atoms with van der Waals surface area (Å²) in [5.74, 6) is 2.30. The summed E-state index contributed by atoms with van der Waals surface area (Å²) in [6, 6.07) is 5.69. The summed E-state index contributed by atoms with van der Waals surface area (Å²) in [5, 5.41) is 13.7. The number of hydrogen-bond acceptors (Lipinski definition) is 4. The van der Waals surface area contributed by atoms with Gasteiger partial charge in [0.2, 0.25) is 0 Å². The summed E-state index contributed by atoms with van der Waals surface area (Å²) in [4.78, 5) is 0. The van der Waals surface area contributed by atoms with Gasteiger partial charge in [-0.25, -0.2) is 0 Å². The second-order valence-electron chi connectivity index (χ2n) is 6.08. The Labute approximate surface area is 126 Å². The van der Waals surface area contributed by atoms with E-state index < -0.39 is 6.10 Å². The van der Waals surface area contributed by atoms with Gasteiger partial charge in [0.05, 0.1) is 6.10 Å². The van der Waals surface area contributed by atoms with Crippen LogP contribution >= 0.6 is 0 Å². The molecule has 1 aliphatic heterocycles. The van der Waals surface area contributed by atoms with Crippen LogP contribution in [0.3, 0.4) is 0 Å². The number of hydrogen-bond donors (Lipinski definition) is 2. The van der Waals surface area contributed by atoms with Gasteiger partial charge in [0.1, 0.15) is 13.2 Å². The zero-order valence-electron chi connectivity index (χ0n) is 12.5. The third-order valence-corrected chi connectivity index (χ3v) is 4.45. The fraction of sp³-hybridized carbons (Fsp3) is 0.647. The Morgan fingerprint density at radius 3 is 2.67 bits per heavy atom. The largest absolute Gasteiger partial charge is 0.486 e. The van der Waals surface area contributed by atoms with E-state index in [1.807, 2.05) is 18.2 Å². The number of benzene rings is 1. The lowest BCUT2D eigenvalue weighted by Crippen LogP contribution is -2.28. The zero-order valence-corrected chi connectivity index (χ0v) is 12.5. The predicted molar refractivity (Wildman–Crippen MR) is 81.8 cm³/mol. The van der Waals surface area contributed by atoms with Crippen molar-refractivity contribution in [1.82, 2.24) is 5.32 Å². The second kappa shape index (κ2) is 7.14. The molecule has 1 unspecified atom stereocenters. The highest BCUT2D eigenvalue weighted by Crippen LogP contribution is 2.32. The first-order chi connectivity index (χ1) is 10.3. The van der Waals surface area contributed by atoms with Crippen molar-refractivity contribution in [2.45, 2.75) is 38.2 Å². The van der Waals surface area contributed by atoms with Gasteiger partial charge < -0.3 is 19.9 Å². The fourth-order valence-corrected chi connectivity index (χ4v) is 3.20. The quantitative estimate of drug-likeness (QED) is 0.875. The molecule has 1 aromatic rings. The first-order valence-corrected chi connectivity index (χ1v) is 8.11. The van der Waals surface area contributed by atoms with Crippen molar-refractivity contribution in [3.05, 3.63) is 23.8 Å². The molecule has 4 heteroatoms. The molecule has 0 spiro atoms. The van der Waals surface area contributed by atoms with Crippen LogP contribution in [0.15, 0.2) is 18.2 Å². The van der Waals surface area contributed by atoms with Gasteiger partial charge in [-0.15, -0.1) is 0 Å². The number of nitrogens with one attached hydrogen (secondary N) is 1. The topological polar surface area (TPSA) is 50.7 Å². The van der Waals surface area contributed by atoms with Crippen LogP contribution in [-0.4, -0.2) is 31.4 Å². The Hall–Kier alpha value is -1.26. The van der Waals surface area contributed by atoms with Gasteiger partial charge >= 0.3 is 0 Å². The van der Waals surface area contributed by atoms with Crippen LogP contribution in [-0.2, 0) is 0 Å². The summed E-state index contributed by atoms with van der Waals surface area (Å²) in [6.45, 7) is 2.78. The highest BCUT2D eigenvalue weighted by molar-refractivity contribution is 5.44. The van der Waals surface area contributed by atoms with E-state index in [1.165, 1.54) is 32.1 Å². The minimum atomic E-state index is -0.496. The van der Waals surface area contributed by atoms with Crippen LogP contribution in [0.5, 0.6) is 11.5 Å². The van der Waals surface area contributed by atoms with Crippen molar-refractivity contribution in [2.75, 3.05) is 26.3 Å². The molecule has 1 saturated carbocycles. The van der Waals surface area contributed by atoms with E-state index in [0.29, 0.717) is 19.8 Å². The van der Waals surface area contributed by atoms with Gasteiger partial charge in [-0.1, -0.05) is 25.3 Å². The van der Waals surface area contributed by atoms with Crippen LogP contribution in [0.1, 0.15) is 43.8 Å². The molecule has 116 valence electrons. The molecule has 1 atom stereocenters. The molecular formula is C17H25NO3. The third kappa shape index (κ3) is 3.89. The molecule has 21 heavy (non-hydrogen) atoms. The van der Waals surface area contributed by atoms with E-state index >= 15 is 0 Å². The molecule has 2 N–H and O–H groups in total. The third-order valence-electron chi connectivity index (χ3n) is 4.45. The molecule has 0 amide bonds. The van der Waals surface area contributed by atoms with Crippen molar-refractivity contribution in [3.8, 4) is 11.5 Å². The van der Waals surface area contributed by atoms with E-state index in [0.717, 1.165) is 29.5 Å². The Morgan fingerprint density at radius 2 is 1.86 bits per heavy atom. The number of rotatable bonds is 5. The van der Waals surface area contributed by atoms with E-state index in [2.05, 4.69) is 5.32 Å². The van der Waals surface area contributed by atoms with Crippen molar-refractivity contribution in [3.63, 3.8) is 0 Å². The summed E-state index contributed by atoms with van der Waals surface area (Å²) >= 11 is 0. The fourth-order valence-electron chi connectivity index (χ4n) is 3.20. The zero-order chi connectivity index (χ0) is 14.5. The Bertz CT molecular complexity index is 457. The van der Waals surface area contributed by atoms with Gasteiger partial charge in [-0.05, 0) is 43.0 Å². The lowest BCUT2D eigenvalue weighted by molar-refractivity contribution is 0.161. The molecule has 1 fully saturated rings. The van der Waals surface area contributed by atoms with Crippen LogP contribution < -0.4 is 14.8 Å². The monoisotopic (exact) mass is 291 g/mol. The molecule has 2 aliphatic rings.